The molecule has 1 amide bonds. The molecule has 0 aliphatic carbocycles. The van der Waals surface area contributed by atoms with E-state index in [-0.39, 0.29) is 18.3 Å². The Labute approximate surface area is 191 Å². The number of nitrogens with one attached hydrogen (secondary N) is 1. The van der Waals surface area contributed by atoms with Crippen molar-refractivity contribution in [3.63, 3.8) is 0 Å². The van der Waals surface area contributed by atoms with Gasteiger partial charge in [-0.3, -0.25) is 14.6 Å². The molecular formula is C24H28F4N4O. The van der Waals surface area contributed by atoms with Gasteiger partial charge >= 0.3 is 6.18 Å². The Bertz CT molecular complexity index is 952. The van der Waals surface area contributed by atoms with E-state index in [2.05, 4.69) is 15.4 Å². The van der Waals surface area contributed by atoms with Crippen LogP contribution in [0.3, 0.4) is 0 Å². The summed E-state index contributed by atoms with van der Waals surface area (Å²) in [5, 5.41) is 3.94. The number of amides is 1. The number of hydrogen-bond acceptors (Lipinski definition) is 4. The number of aryl methyl sites for hydroxylation is 1. The minimum atomic E-state index is -4.33. The molecule has 0 radical (unpaired) electrons. The van der Waals surface area contributed by atoms with Gasteiger partial charge in [-0.25, -0.2) is 9.82 Å². The van der Waals surface area contributed by atoms with E-state index in [9.17, 15) is 22.4 Å². The lowest BCUT2D eigenvalue weighted by atomic mass is 10.1. The maximum absolute atomic E-state index is 13.7. The van der Waals surface area contributed by atoms with Crippen molar-refractivity contribution in [3.05, 3.63) is 70.5 Å². The Morgan fingerprint density at radius 1 is 1.03 bits per heavy atom. The van der Waals surface area contributed by atoms with Crippen molar-refractivity contribution in [3.8, 4) is 0 Å². The highest BCUT2D eigenvalue weighted by Crippen LogP contribution is 2.29. The summed E-state index contributed by atoms with van der Waals surface area (Å²) in [4.78, 5) is 16.3. The molecule has 9 heteroatoms. The summed E-state index contributed by atoms with van der Waals surface area (Å²) >= 11 is 0. The standard InChI is InChI=1S/C24H28F4N4O/c1-2-3-19-12-20(14-22(25)13-19)15-29-30-23(33)17-32-10-8-31(9-11-32)16-18-4-6-21(7-5-18)24(26,27)28/h4-7,12-15H,2-3,8-11,16-17H2,1H3,(H,30,33)/b29-15+. The third-order valence-electron chi connectivity index (χ3n) is 5.44. The van der Waals surface area contributed by atoms with Crippen LogP contribution >= 0.6 is 0 Å². The first-order valence-electron chi connectivity index (χ1n) is 10.9. The van der Waals surface area contributed by atoms with Crippen LogP contribution in [-0.4, -0.2) is 54.6 Å². The molecule has 2 aromatic carbocycles. The SMILES string of the molecule is CCCc1cc(F)cc(/C=N/NC(=O)CN2CCN(Cc3ccc(C(F)(F)F)cc3)CC2)c1. The molecule has 0 bridgehead atoms. The molecule has 0 saturated carbocycles. The molecule has 1 fully saturated rings. The van der Waals surface area contributed by atoms with Crippen LogP contribution in [-0.2, 0) is 23.9 Å². The van der Waals surface area contributed by atoms with E-state index in [1.807, 2.05) is 17.9 Å². The number of hydrazone groups is 1. The van der Waals surface area contributed by atoms with Crippen LogP contribution in [0.25, 0.3) is 0 Å². The fourth-order valence-corrected chi connectivity index (χ4v) is 3.76. The molecule has 5 nitrogen and oxygen atoms in total. The second-order valence-corrected chi connectivity index (χ2v) is 8.18. The number of piperazine rings is 1. The van der Waals surface area contributed by atoms with Gasteiger partial charge in [0.15, 0.2) is 0 Å². The van der Waals surface area contributed by atoms with Crippen molar-refractivity contribution in [2.45, 2.75) is 32.5 Å². The molecule has 178 valence electrons. The summed E-state index contributed by atoms with van der Waals surface area (Å²) in [5.41, 5.74) is 4.13. The molecular weight excluding hydrogens is 436 g/mol. The second kappa shape index (κ2) is 11.4. The molecule has 1 heterocycles. The van der Waals surface area contributed by atoms with E-state index in [1.165, 1.54) is 30.5 Å². The lowest BCUT2D eigenvalue weighted by Gasteiger charge is -2.34. The predicted molar refractivity (Wildman–Crippen MR) is 119 cm³/mol. The molecule has 1 aliphatic rings. The Morgan fingerprint density at radius 3 is 2.33 bits per heavy atom. The highest BCUT2D eigenvalue weighted by atomic mass is 19.4. The number of benzene rings is 2. The summed E-state index contributed by atoms with van der Waals surface area (Å²) in [6.45, 7) is 5.53. The molecule has 33 heavy (non-hydrogen) atoms. The van der Waals surface area contributed by atoms with E-state index in [0.717, 1.165) is 36.1 Å². The molecule has 3 rings (SSSR count). The molecule has 1 N–H and O–H groups in total. The number of halogens is 4. The van der Waals surface area contributed by atoms with E-state index in [0.29, 0.717) is 38.3 Å². The minimum absolute atomic E-state index is 0.190. The van der Waals surface area contributed by atoms with Crippen molar-refractivity contribution in [1.29, 1.82) is 0 Å². The van der Waals surface area contributed by atoms with Gasteiger partial charge in [-0.1, -0.05) is 25.5 Å². The highest BCUT2D eigenvalue weighted by Gasteiger charge is 2.30. The molecule has 1 aliphatic heterocycles. The van der Waals surface area contributed by atoms with Crippen LogP contribution in [0.2, 0.25) is 0 Å². The number of nitrogens with zero attached hydrogens (tertiary/aromatic N) is 3. The topological polar surface area (TPSA) is 47.9 Å². The number of carbonyl (C=O) groups is 1. The van der Waals surface area contributed by atoms with E-state index in [4.69, 9.17) is 0 Å². The average Bonchev–Trinajstić information content (AvgIpc) is 2.75. The normalized spacial score (nSPS) is 15.8. The lowest BCUT2D eigenvalue weighted by molar-refractivity contribution is -0.137. The molecule has 0 atom stereocenters. The fourth-order valence-electron chi connectivity index (χ4n) is 3.76. The lowest BCUT2D eigenvalue weighted by Crippen LogP contribution is -2.48. The Hall–Kier alpha value is -2.78. The van der Waals surface area contributed by atoms with Gasteiger partial charge in [0, 0.05) is 32.7 Å². The van der Waals surface area contributed by atoms with Gasteiger partial charge in [0.05, 0.1) is 18.3 Å². The largest absolute Gasteiger partial charge is 0.416 e. The van der Waals surface area contributed by atoms with Crippen molar-refractivity contribution in [1.82, 2.24) is 15.2 Å². The molecule has 0 aromatic heterocycles. The molecule has 0 spiro atoms. The van der Waals surface area contributed by atoms with Crippen molar-refractivity contribution in [2.75, 3.05) is 32.7 Å². The van der Waals surface area contributed by atoms with E-state index >= 15 is 0 Å². The van der Waals surface area contributed by atoms with Crippen LogP contribution in [0.1, 0.15) is 35.6 Å². The number of hydrogen-bond donors (Lipinski definition) is 1. The van der Waals surface area contributed by atoms with Gasteiger partial charge in [-0.15, -0.1) is 0 Å². The first-order chi connectivity index (χ1) is 15.7. The van der Waals surface area contributed by atoms with Crippen molar-refractivity contribution in [2.24, 2.45) is 5.10 Å². The third kappa shape index (κ3) is 7.94. The summed E-state index contributed by atoms with van der Waals surface area (Å²) < 4.78 is 51.7. The quantitative estimate of drug-likeness (QED) is 0.364. The van der Waals surface area contributed by atoms with Gasteiger partial charge in [0.25, 0.3) is 5.91 Å². The zero-order valence-corrected chi connectivity index (χ0v) is 18.5. The maximum atomic E-state index is 13.7. The van der Waals surface area contributed by atoms with Gasteiger partial charge in [-0.05, 0) is 53.4 Å². The number of carbonyl (C=O) groups excluding carboxylic acids is 1. The summed E-state index contributed by atoms with van der Waals surface area (Å²) in [5.74, 6) is -0.587. The van der Waals surface area contributed by atoms with E-state index in [1.54, 1.807) is 0 Å². The van der Waals surface area contributed by atoms with E-state index < -0.39 is 11.7 Å². The Morgan fingerprint density at radius 2 is 1.70 bits per heavy atom. The minimum Gasteiger partial charge on any atom is -0.297 e. The highest BCUT2D eigenvalue weighted by molar-refractivity contribution is 5.83. The van der Waals surface area contributed by atoms with Gasteiger partial charge < -0.3 is 0 Å². The fraction of sp³-hybridized carbons (Fsp3) is 0.417. The monoisotopic (exact) mass is 464 g/mol. The van der Waals surface area contributed by atoms with Gasteiger partial charge in [0.2, 0.25) is 0 Å². The van der Waals surface area contributed by atoms with Crippen LogP contribution < -0.4 is 5.43 Å². The Balaban J connectivity index is 1.41. The molecule has 0 unspecified atom stereocenters. The smallest absolute Gasteiger partial charge is 0.297 e. The maximum Gasteiger partial charge on any atom is 0.416 e. The summed E-state index contributed by atoms with van der Waals surface area (Å²) in [6.07, 6.45) is -1.21. The first kappa shape index (κ1) is 24.9. The third-order valence-corrected chi connectivity index (χ3v) is 5.44. The van der Waals surface area contributed by atoms with Crippen LogP contribution in [0.15, 0.2) is 47.6 Å². The first-order valence-corrected chi connectivity index (χ1v) is 10.9. The van der Waals surface area contributed by atoms with Crippen LogP contribution in [0.4, 0.5) is 17.6 Å². The average molecular weight is 465 g/mol. The summed E-state index contributed by atoms with van der Waals surface area (Å²) in [7, 11) is 0. The zero-order valence-electron chi connectivity index (χ0n) is 18.5. The molecule has 2 aromatic rings. The van der Waals surface area contributed by atoms with Crippen molar-refractivity contribution < 1.29 is 22.4 Å². The van der Waals surface area contributed by atoms with Gasteiger partial charge in [-0.2, -0.15) is 18.3 Å². The zero-order chi connectivity index (χ0) is 23.8. The van der Waals surface area contributed by atoms with Crippen molar-refractivity contribution >= 4 is 12.1 Å². The van der Waals surface area contributed by atoms with Gasteiger partial charge in [0.1, 0.15) is 5.82 Å². The predicted octanol–water partition coefficient (Wildman–Crippen LogP) is 4.06. The Kier molecular flexibility index (Phi) is 8.57. The number of rotatable bonds is 8. The van der Waals surface area contributed by atoms with Crippen LogP contribution in [0.5, 0.6) is 0 Å². The number of alkyl halides is 3. The summed E-state index contributed by atoms with van der Waals surface area (Å²) in [6, 6.07) is 9.92. The van der Waals surface area contributed by atoms with Crippen LogP contribution in [0, 0.1) is 5.82 Å². The second-order valence-electron chi connectivity index (χ2n) is 8.18. The molecule has 1 saturated heterocycles.